The molecule has 0 spiro atoms. The number of sulfonamides is 1. The smallest absolute Gasteiger partial charge is 0.316 e. The van der Waals surface area contributed by atoms with E-state index in [4.69, 9.17) is 28.9 Å². The molecule has 3 rings (SSSR count). The number of carbonyl (C=O) groups is 2. The van der Waals surface area contributed by atoms with Gasteiger partial charge in [-0.05, 0) is 60.2 Å². The fourth-order valence-corrected chi connectivity index (χ4v) is 4.54. The highest BCUT2D eigenvalue weighted by Gasteiger charge is 2.19. The summed E-state index contributed by atoms with van der Waals surface area (Å²) in [6.45, 7) is 0.261. The Morgan fingerprint density at radius 1 is 0.875 bits per heavy atom. The summed E-state index contributed by atoms with van der Waals surface area (Å²) in [5.74, 6) is -0.336. The zero-order chi connectivity index (χ0) is 23.3. The van der Waals surface area contributed by atoms with E-state index in [2.05, 4.69) is 15.4 Å². The van der Waals surface area contributed by atoms with Gasteiger partial charge in [0.05, 0.1) is 5.02 Å². The fraction of sp³-hybridized carbons (Fsp3) is 0.0476. The summed E-state index contributed by atoms with van der Waals surface area (Å²) in [5, 5.41) is 5.49. The Bertz CT molecular complexity index is 1250. The maximum atomic E-state index is 12.6. The Morgan fingerprint density at radius 2 is 1.50 bits per heavy atom. The highest BCUT2D eigenvalue weighted by molar-refractivity contribution is 7.92. The van der Waals surface area contributed by atoms with Crippen LogP contribution in [0, 0.1) is 0 Å². The second-order valence-electron chi connectivity index (χ2n) is 6.63. The number of nitrogens with two attached hydrogens (primary N) is 1. The van der Waals surface area contributed by atoms with Crippen LogP contribution in [-0.4, -0.2) is 20.4 Å². The molecule has 0 saturated carbocycles. The van der Waals surface area contributed by atoms with Crippen molar-refractivity contribution in [1.29, 1.82) is 0 Å². The summed E-state index contributed by atoms with van der Waals surface area (Å²) >= 11 is 11.8. The fourth-order valence-electron chi connectivity index (χ4n) is 2.72. The van der Waals surface area contributed by atoms with Crippen LogP contribution in [-0.2, 0) is 16.6 Å². The first-order chi connectivity index (χ1) is 15.1. The third kappa shape index (κ3) is 6.13. The first-order valence-electron chi connectivity index (χ1n) is 9.15. The van der Waals surface area contributed by atoms with Crippen LogP contribution in [0.25, 0.3) is 0 Å². The van der Waals surface area contributed by atoms with E-state index in [0.29, 0.717) is 11.3 Å². The van der Waals surface area contributed by atoms with E-state index in [1.165, 1.54) is 42.5 Å². The molecule has 0 aromatic heterocycles. The third-order valence-electron chi connectivity index (χ3n) is 4.26. The van der Waals surface area contributed by atoms with Gasteiger partial charge in [0.25, 0.3) is 15.9 Å². The average Bonchev–Trinajstić information content (AvgIpc) is 2.74. The number of primary amides is 1. The zero-order valence-electron chi connectivity index (χ0n) is 16.4. The van der Waals surface area contributed by atoms with Gasteiger partial charge in [-0.1, -0.05) is 35.3 Å². The number of amides is 3. The van der Waals surface area contributed by atoms with Gasteiger partial charge >= 0.3 is 6.03 Å². The molecule has 0 fully saturated rings. The molecular formula is C21H18Cl2N4O4S. The molecule has 0 heterocycles. The third-order valence-corrected chi connectivity index (χ3v) is 6.35. The highest BCUT2D eigenvalue weighted by Crippen LogP contribution is 2.27. The monoisotopic (exact) mass is 492 g/mol. The van der Waals surface area contributed by atoms with Gasteiger partial charge in [-0.3, -0.25) is 9.52 Å². The van der Waals surface area contributed by atoms with Crippen molar-refractivity contribution in [3.05, 3.63) is 87.9 Å². The van der Waals surface area contributed by atoms with Gasteiger partial charge in [0.1, 0.15) is 4.90 Å². The normalized spacial score (nSPS) is 10.9. The lowest BCUT2D eigenvalue weighted by molar-refractivity contribution is 0.0951. The summed E-state index contributed by atoms with van der Waals surface area (Å²) in [6, 6.07) is 16.2. The first kappa shape index (κ1) is 23.4. The Morgan fingerprint density at radius 3 is 2.12 bits per heavy atom. The largest absolute Gasteiger partial charge is 0.351 e. The summed E-state index contributed by atoms with van der Waals surface area (Å²) < 4.78 is 27.5. The SMILES string of the molecule is NC(=O)Nc1ccc(CNC(=O)c2ccc(NS(=O)(=O)c3cc(Cl)ccc3Cl)cc2)cc1. The van der Waals surface area contributed by atoms with Crippen LogP contribution in [0.5, 0.6) is 0 Å². The van der Waals surface area contributed by atoms with Gasteiger partial charge in [-0.15, -0.1) is 0 Å². The van der Waals surface area contributed by atoms with Crippen LogP contribution >= 0.6 is 23.2 Å². The van der Waals surface area contributed by atoms with E-state index in [1.807, 2.05) is 0 Å². The van der Waals surface area contributed by atoms with Gasteiger partial charge in [-0.25, -0.2) is 13.2 Å². The maximum Gasteiger partial charge on any atom is 0.316 e. The highest BCUT2D eigenvalue weighted by atomic mass is 35.5. The maximum absolute atomic E-state index is 12.6. The van der Waals surface area contributed by atoms with E-state index in [-0.39, 0.29) is 33.1 Å². The molecule has 3 amide bonds. The van der Waals surface area contributed by atoms with Crippen molar-refractivity contribution in [1.82, 2.24) is 5.32 Å². The molecule has 0 atom stereocenters. The molecule has 5 N–H and O–H groups in total. The number of hydrogen-bond donors (Lipinski definition) is 4. The summed E-state index contributed by atoms with van der Waals surface area (Å²) in [5.41, 5.74) is 7.02. The molecule has 0 saturated heterocycles. The topological polar surface area (TPSA) is 130 Å². The van der Waals surface area contributed by atoms with Gasteiger partial charge in [0.2, 0.25) is 0 Å². The Hall–Kier alpha value is -3.27. The van der Waals surface area contributed by atoms with Crippen molar-refractivity contribution >= 4 is 56.5 Å². The second-order valence-corrected chi connectivity index (χ2v) is 9.12. The van der Waals surface area contributed by atoms with Crippen LogP contribution < -0.4 is 21.1 Å². The van der Waals surface area contributed by atoms with E-state index in [9.17, 15) is 18.0 Å². The number of benzene rings is 3. The predicted molar refractivity (Wildman–Crippen MR) is 125 cm³/mol. The molecule has 0 bridgehead atoms. The Labute approximate surface area is 194 Å². The molecule has 32 heavy (non-hydrogen) atoms. The van der Waals surface area contributed by atoms with Crippen molar-refractivity contribution in [3.8, 4) is 0 Å². The van der Waals surface area contributed by atoms with Crippen LogP contribution in [0.4, 0.5) is 16.2 Å². The summed E-state index contributed by atoms with van der Waals surface area (Å²) in [4.78, 5) is 23.1. The lowest BCUT2D eigenvalue weighted by Crippen LogP contribution is -2.23. The standard InChI is InChI=1S/C21H18Cl2N4O4S/c22-15-5-10-18(23)19(11-15)32(30,31)27-17-8-3-14(4-9-17)20(28)25-12-13-1-6-16(7-2-13)26-21(24)29/h1-11,27H,12H2,(H,25,28)(H3,24,26,29). The van der Waals surface area contributed by atoms with Crippen LogP contribution in [0.3, 0.4) is 0 Å². The minimum Gasteiger partial charge on any atom is -0.351 e. The van der Waals surface area contributed by atoms with Gasteiger partial charge in [0, 0.05) is 28.5 Å². The number of carbonyl (C=O) groups excluding carboxylic acids is 2. The van der Waals surface area contributed by atoms with Gasteiger partial charge < -0.3 is 16.4 Å². The van der Waals surface area contributed by atoms with Crippen LogP contribution in [0.15, 0.2) is 71.6 Å². The molecule has 0 aliphatic heterocycles. The van der Waals surface area contributed by atoms with Gasteiger partial charge in [0.15, 0.2) is 0 Å². The number of nitrogens with one attached hydrogen (secondary N) is 3. The van der Waals surface area contributed by atoms with Crippen molar-refractivity contribution in [3.63, 3.8) is 0 Å². The van der Waals surface area contributed by atoms with Gasteiger partial charge in [-0.2, -0.15) is 0 Å². The van der Waals surface area contributed by atoms with E-state index in [1.54, 1.807) is 24.3 Å². The summed E-state index contributed by atoms with van der Waals surface area (Å²) in [6.07, 6.45) is 0. The van der Waals surface area contributed by atoms with Crippen LogP contribution in [0.1, 0.15) is 15.9 Å². The lowest BCUT2D eigenvalue weighted by atomic mass is 10.1. The van der Waals surface area contributed by atoms with Crippen molar-refractivity contribution < 1.29 is 18.0 Å². The molecule has 3 aromatic rings. The molecule has 166 valence electrons. The molecule has 11 heteroatoms. The number of rotatable bonds is 7. The lowest BCUT2D eigenvalue weighted by Gasteiger charge is -2.11. The molecule has 0 aliphatic carbocycles. The Balaban J connectivity index is 1.62. The molecule has 0 aliphatic rings. The molecule has 0 unspecified atom stereocenters. The van der Waals surface area contributed by atoms with Crippen molar-refractivity contribution in [2.24, 2.45) is 5.73 Å². The number of hydrogen-bond acceptors (Lipinski definition) is 4. The molecular weight excluding hydrogens is 475 g/mol. The first-order valence-corrected chi connectivity index (χ1v) is 11.4. The molecule has 8 nitrogen and oxygen atoms in total. The number of halogens is 2. The van der Waals surface area contributed by atoms with Crippen molar-refractivity contribution in [2.45, 2.75) is 11.4 Å². The number of anilines is 2. The van der Waals surface area contributed by atoms with E-state index >= 15 is 0 Å². The van der Waals surface area contributed by atoms with E-state index < -0.39 is 16.1 Å². The van der Waals surface area contributed by atoms with E-state index in [0.717, 1.165) is 5.56 Å². The van der Waals surface area contributed by atoms with Crippen molar-refractivity contribution in [2.75, 3.05) is 10.0 Å². The predicted octanol–water partition coefficient (Wildman–Crippen LogP) is 4.21. The molecule has 3 aromatic carbocycles. The molecule has 0 radical (unpaired) electrons. The second kappa shape index (κ2) is 9.90. The zero-order valence-corrected chi connectivity index (χ0v) is 18.8. The minimum atomic E-state index is -3.96. The summed E-state index contributed by atoms with van der Waals surface area (Å²) in [7, 11) is -3.96. The van der Waals surface area contributed by atoms with Crippen LogP contribution in [0.2, 0.25) is 10.0 Å². The Kier molecular flexibility index (Phi) is 7.24. The minimum absolute atomic E-state index is 0.0383. The average molecular weight is 493 g/mol. The number of urea groups is 1. The quantitative estimate of drug-likeness (QED) is 0.393.